The summed E-state index contributed by atoms with van der Waals surface area (Å²) in [6.07, 6.45) is 16.4. The zero-order valence-corrected chi connectivity index (χ0v) is 10.9. The standard InChI is InChI=1S/C15H30/c1-3-14(2)10-8-6-4-5-7-9-11-15-12-13-15/h14-15H,3-13H2,1-2H3. The zero-order chi connectivity index (χ0) is 10.9. The van der Waals surface area contributed by atoms with E-state index in [0.717, 1.165) is 11.8 Å². The molecule has 15 heavy (non-hydrogen) atoms. The topological polar surface area (TPSA) is 0 Å². The third-order valence-corrected chi connectivity index (χ3v) is 3.95. The van der Waals surface area contributed by atoms with E-state index < -0.39 is 0 Å². The smallest absolute Gasteiger partial charge is 0.0414 e. The Morgan fingerprint density at radius 2 is 1.53 bits per heavy atom. The molecule has 0 radical (unpaired) electrons. The molecule has 1 rings (SSSR count). The molecular formula is C15H30. The first-order valence-corrected chi connectivity index (χ1v) is 7.33. The molecular weight excluding hydrogens is 180 g/mol. The van der Waals surface area contributed by atoms with Gasteiger partial charge in [0.2, 0.25) is 0 Å². The van der Waals surface area contributed by atoms with E-state index in [1.54, 1.807) is 0 Å². The fourth-order valence-electron chi connectivity index (χ4n) is 2.24. The molecule has 0 saturated heterocycles. The monoisotopic (exact) mass is 210 g/mol. The van der Waals surface area contributed by atoms with Crippen molar-refractivity contribution in [3.05, 3.63) is 0 Å². The largest absolute Gasteiger partial charge is 0.0651 e. The summed E-state index contributed by atoms with van der Waals surface area (Å²) in [5.41, 5.74) is 0. The summed E-state index contributed by atoms with van der Waals surface area (Å²) < 4.78 is 0. The summed E-state index contributed by atoms with van der Waals surface area (Å²) in [6.45, 7) is 4.69. The van der Waals surface area contributed by atoms with Crippen molar-refractivity contribution in [1.82, 2.24) is 0 Å². The molecule has 0 N–H and O–H groups in total. The van der Waals surface area contributed by atoms with Gasteiger partial charge in [-0.1, -0.05) is 84.5 Å². The number of hydrogen-bond donors (Lipinski definition) is 0. The second-order valence-corrected chi connectivity index (χ2v) is 5.66. The van der Waals surface area contributed by atoms with E-state index in [9.17, 15) is 0 Å². The Morgan fingerprint density at radius 3 is 2.13 bits per heavy atom. The highest BCUT2D eigenvalue weighted by atomic mass is 14.3. The molecule has 0 heterocycles. The van der Waals surface area contributed by atoms with Gasteiger partial charge in [0.25, 0.3) is 0 Å². The highest BCUT2D eigenvalue weighted by Gasteiger charge is 2.19. The third-order valence-electron chi connectivity index (χ3n) is 3.95. The molecule has 0 amide bonds. The summed E-state index contributed by atoms with van der Waals surface area (Å²) in [5.74, 6) is 2.11. The van der Waals surface area contributed by atoms with Crippen LogP contribution in [0.4, 0.5) is 0 Å². The lowest BCUT2D eigenvalue weighted by Gasteiger charge is -2.07. The van der Waals surface area contributed by atoms with Gasteiger partial charge in [0.1, 0.15) is 0 Å². The predicted octanol–water partition coefficient (Wildman–Crippen LogP) is 5.56. The lowest BCUT2D eigenvalue weighted by molar-refractivity contribution is 0.469. The van der Waals surface area contributed by atoms with Crippen molar-refractivity contribution >= 4 is 0 Å². The average Bonchev–Trinajstić information content (AvgIpc) is 3.05. The first-order valence-electron chi connectivity index (χ1n) is 7.33. The summed E-state index contributed by atoms with van der Waals surface area (Å²) >= 11 is 0. The highest BCUT2D eigenvalue weighted by Crippen LogP contribution is 2.34. The van der Waals surface area contributed by atoms with Gasteiger partial charge in [0.05, 0.1) is 0 Å². The minimum Gasteiger partial charge on any atom is -0.0651 e. The number of hydrogen-bond acceptors (Lipinski definition) is 0. The molecule has 1 unspecified atom stereocenters. The van der Waals surface area contributed by atoms with Crippen molar-refractivity contribution in [1.29, 1.82) is 0 Å². The maximum Gasteiger partial charge on any atom is -0.0414 e. The SMILES string of the molecule is CCC(C)CCCCCCCCC1CC1. The van der Waals surface area contributed by atoms with E-state index in [4.69, 9.17) is 0 Å². The molecule has 0 aromatic carbocycles. The minimum absolute atomic E-state index is 0.958. The van der Waals surface area contributed by atoms with E-state index in [-0.39, 0.29) is 0 Å². The van der Waals surface area contributed by atoms with Crippen LogP contribution in [0.3, 0.4) is 0 Å². The molecule has 1 atom stereocenters. The molecule has 0 bridgehead atoms. The summed E-state index contributed by atoms with van der Waals surface area (Å²) in [6, 6.07) is 0. The van der Waals surface area contributed by atoms with Crippen LogP contribution in [0, 0.1) is 11.8 Å². The van der Waals surface area contributed by atoms with Crippen molar-refractivity contribution in [3.8, 4) is 0 Å². The Kier molecular flexibility index (Phi) is 7.13. The van der Waals surface area contributed by atoms with Gasteiger partial charge in [0.15, 0.2) is 0 Å². The van der Waals surface area contributed by atoms with Crippen LogP contribution in [0.1, 0.15) is 84.5 Å². The van der Waals surface area contributed by atoms with Gasteiger partial charge >= 0.3 is 0 Å². The molecule has 0 aliphatic heterocycles. The molecule has 1 saturated carbocycles. The predicted molar refractivity (Wildman–Crippen MR) is 69.1 cm³/mol. The highest BCUT2D eigenvalue weighted by molar-refractivity contribution is 4.72. The second-order valence-electron chi connectivity index (χ2n) is 5.66. The van der Waals surface area contributed by atoms with Crippen LogP contribution in [0.2, 0.25) is 0 Å². The van der Waals surface area contributed by atoms with Crippen molar-refractivity contribution in [2.45, 2.75) is 84.5 Å². The van der Waals surface area contributed by atoms with Gasteiger partial charge < -0.3 is 0 Å². The maximum absolute atomic E-state index is 2.38. The van der Waals surface area contributed by atoms with Crippen LogP contribution < -0.4 is 0 Å². The number of rotatable bonds is 10. The van der Waals surface area contributed by atoms with E-state index in [1.807, 2.05) is 0 Å². The quantitative estimate of drug-likeness (QED) is 0.414. The second kappa shape index (κ2) is 8.19. The Bertz CT molecular complexity index is 135. The van der Waals surface area contributed by atoms with Crippen molar-refractivity contribution in [2.24, 2.45) is 11.8 Å². The van der Waals surface area contributed by atoms with Crippen molar-refractivity contribution in [2.75, 3.05) is 0 Å². The molecule has 0 spiro atoms. The lowest BCUT2D eigenvalue weighted by atomic mass is 9.99. The summed E-state index contributed by atoms with van der Waals surface area (Å²) in [7, 11) is 0. The van der Waals surface area contributed by atoms with Crippen LogP contribution in [0.5, 0.6) is 0 Å². The van der Waals surface area contributed by atoms with E-state index >= 15 is 0 Å². The zero-order valence-electron chi connectivity index (χ0n) is 10.9. The van der Waals surface area contributed by atoms with Crippen LogP contribution in [-0.2, 0) is 0 Å². The molecule has 0 aromatic rings. The van der Waals surface area contributed by atoms with Crippen LogP contribution >= 0.6 is 0 Å². The molecule has 0 aromatic heterocycles. The summed E-state index contributed by atoms with van der Waals surface area (Å²) in [4.78, 5) is 0. The molecule has 0 nitrogen and oxygen atoms in total. The fraction of sp³-hybridized carbons (Fsp3) is 1.00. The lowest BCUT2D eigenvalue weighted by Crippen LogP contribution is -1.91. The van der Waals surface area contributed by atoms with Crippen LogP contribution in [0.15, 0.2) is 0 Å². The number of unbranched alkanes of at least 4 members (excludes halogenated alkanes) is 5. The van der Waals surface area contributed by atoms with E-state index in [1.165, 1.54) is 70.6 Å². The van der Waals surface area contributed by atoms with Gasteiger partial charge in [-0.25, -0.2) is 0 Å². The van der Waals surface area contributed by atoms with E-state index in [2.05, 4.69) is 13.8 Å². The Labute approximate surface area is 96.8 Å². The maximum atomic E-state index is 2.38. The first kappa shape index (κ1) is 13.1. The Hall–Kier alpha value is 0. The van der Waals surface area contributed by atoms with Gasteiger partial charge in [-0.05, 0) is 11.8 Å². The van der Waals surface area contributed by atoms with Crippen molar-refractivity contribution < 1.29 is 0 Å². The van der Waals surface area contributed by atoms with Gasteiger partial charge in [0, 0.05) is 0 Å². The molecule has 1 aliphatic rings. The van der Waals surface area contributed by atoms with Gasteiger partial charge in [-0.2, -0.15) is 0 Å². The normalized spacial score (nSPS) is 18.0. The minimum atomic E-state index is 0.958. The summed E-state index contributed by atoms with van der Waals surface area (Å²) in [5, 5.41) is 0. The van der Waals surface area contributed by atoms with E-state index in [0.29, 0.717) is 0 Å². The van der Waals surface area contributed by atoms with Gasteiger partial charge in [-0.15, -0.1) is 0 Å². The molecule has 90 valence electrons. The molecule has 1 aliphatic carbocycles. The first-order chi connectivity index (χ1) is 7.33. The Morgan fingerprint density at radius 1 is 0.933 bits per heavy atom. The van der Waals surface area contributed by atoms with Crippen LogP contribution in [0.25, 0.3) is 0 Å². The van der Waals surface area contributed by atoms with Crippen LogP contribution in [-0.4, -0.2) is 0 Å². The van der Waals surface area contributed by atoms with Crippen molar-refractivity contribution in [3.63, 3.8) is 0 Å². The molecule has 0 heteroatoms. The molecule has 1 fully saturated rings. The third kappa shape index (κ3) is 7.88. The average molecular weight is 210 g/mol. The fourth-order valence-corrected chi connectivity index (χ4v) is 2.24. The Balaban J connectivity index is 1.68. The van der Waals surface area contributed by atoms with Gasteiger partial charge in [-0.3, -0.25) is 0 Å².